The SMILES string of the molecule is CCOc1cc(/C=C2/SC(=S)N(c3ccc(Br)cc3)C2=O)ccc1OCc1ccccc1F. The Kier molecular flexibility index (Phi) is 7.47. The smallest absolute Gasteiger partial charge is 0.270 e. The molecule has 168 valence electrons. The van der Waals surface area contributed by atoms with E-state index < -0.39 is 0 Å². The molecule has 0 atom stereocenters. The summed E-state index contributed by atoms with van der Waals surface area (Å²) in [5.74, 6) is 0.524. The maximum absolute atomic E-state index is 13.9. The van der Waals surface area contributed by atoms with Crippen molar-refractivity contribution in [3.05, 3.63) is 93.1 Å². The van der Waals surface area contributed by atoms with Crippen molar-refractivity contribution < 1.29 is 18.7 Å². The number of nitrogens with zero attached hydrogens (tertiary/aromatic N) is 1. The van der Waals surface area contributed by atoms with E-state index in [0.717, 1.165) is 15.7 Å². The molecule has 1 amide bonds. The van der Waals surface area contributed by atoms with Crippen LogP contribution in [0.5, 0.6) is 11.5 Å². The van der Waals surface area contributed by atoms with Gasteiger partial charge in [0, 0.05) is 10.0 Å². The zero-order valence-corrected chi connectivity index (χ0v) is 20.8. The Labute approximate surface area is 209 Å². The van der Waals surface area contributed by atoms with Crippen LogP contribution >= 0.6 is 39.9 Å². The summed E-state index contributed by atoms with van der Waals surface area (Å²) in [5, 5.41) is 0. The third kappa shape index (κ3) is 5.46. The molecule has 4 rings (SSSR count). The van der Waals surface area contributed by atoms with E-state index >= 15 is 0 Å². The number of carbonyl (C=O) groups excluding carboxylic acids is 1. The molecule has 3 aromatic carbocycles. The van der Waals surface area contributed by atoms with E-state index in [9.17, 15) is 9.18 Å². The van der Waals surface area contributed by atoms with Gasteiger partial charge in [-0.2, -0.15) is 0 Å². The first-order valence-electron chi connectivity index (χ1n) is 10.1. The fraction of sp³-hybridized carbons (Fsp3) is 0.120. The number of hydrogen-bond acceptors (Lipinski definition) is 5. The number of thiocarbonyl (C=S) groups is 1. The number of rotatable bonds is 7. The van der Waals surface area contributed by atoms with E-state index in [1.165, 1.54) is 22.7 Å². The van der Waals surface area contributed by atoms with Crippen molar-refractivity contribution in [3.8, 4) is 11.5 Å². The Morgan fingerprint density at radius 3 is 2.55 bits per heavy atom. The standard InChI is InChI=1S/C25H19BrFNO3S2/c1-2-30-22-13-16(7-12-21(22)31-15-17-5-3-4-6-20(17)27)14-23-24(29)28(25(32)33-23)19-10-8-18(26)9-11-19/h3-14H,2,15H2,1H3/b23-14+. The highest BCUT2D eigenvalue weighted by atomic mass is 79.9. The van der Waals surface area contributed by atoms with E-state index in [1.54, 1.807) is 36.4 Å². The van der Waals surface area contributed by atoms with Crippen molar-refractivity contribution in [2.24, 2.45) is 0 Å². The van der Waals surface area contributed by atoms with Crippen molar-refractivity contribution in [1.29, 1.82) is 0 Å². The van der Waals surface area contributed by atoms with Crippen molar-refractivity contribution in [3.63, 3.8) is 0 Å². The average Bonchev–Trinajstić information content (AvgIpc) is 3.08. The molecule has 1 aliphatic heterocycles. The van der Waals surface area contributed by atoms with Crippen LogP contribution in [0.2, 0.25) is 0 Å². The van der Waals surface area contributed by atoms with E-state index in [-0.39, 0.29) is 18.3 Å². The van der Waals surface area contributed by atoms with Crippen LogP contribution in [0.3, 0.4) is 0 Å². The number of hydrogen-bond donors (Lipinski definition) is 0. The topological polar surface area (TPSA) is 38.8 Å². The van der Waals surface area contributed by atoms with Crippen molar-refractivity contribution in [2.75, 3.05) is 11.5 Å². The van der Waals surface area contributed by atoms with Gasteiger partial charge in [-0.15, -0.1) is 0 Å². The van der Waals surface area contributed by atoms with Crippen LogP contribution in [0.25, 0.3) is 6.08 Å². The molecule has 0 saturated carbocycles. The number of benzene rings is 3. The zero-order valence-electron chi connectivity index (χ0n) is 17.6. The van der Waals surface area contributed by atoms with Crippen molar-refractivity contribution >= 4 is 61.9 Å². The highest BCUT2D eigenvalue weighted by Gasteiger charge is 2.33. The second-order valence-electron chi connectivity index (χ2n) is 7.01. The first-order chi connectivity index (χ1) is 16.0. The molecule has 1 aliphatic rings. The second kappa shape index (κ2) is 10.5. The van der Waals surface area contributed by atoms with Gasteiger partial charge in [0.1, 0.15) is 12.4 Å². The summed E-state index contributed by atoms with van der Waals surface area (Å²) in [6, 6.07) is 19.3. The van der Waals surface area contributed by atoms with Gasteiger partial charge in [-0.25, -0.2) is 4.39 Å². The van der Waals surface area contributed by atoms with Crippen molar-refractivity contribution in [1.82, 2.24) is 0 Å². The summed E-state index contributed by atoms with van der Waals surface area (Å²) in [7, 11) is 0. The Morgan fingerprint density at radius 2 is 1.82 bits per heavy atom. The number of amides is 1. The van der Waals surface area contributed by atoms with Gasteiger partial charge in [-0.05, 0) is 61.0 Å². The predicted molar refractivity (Wildman–Crippen MR) is 138 cm³/mol. The molecule has 33 heavy (non-hydrogen) atoms. The molecule has 0 aromatic heterocycles. The van der Waals surface area contributed by atoms with E-state index in [4.69, 9.17) is 21.7 Å². The lowest BCUT2D eigenvalue weighted by Gasteiger charge is -2.14. The first-order valence-corrected chi connectivity index (χ1v) is 12.1. The fourth-order valence-corrected chi connectivity index (χ4v) is 4.77. The fourth-order valence-electron chi connectivity index (χ4n) is 3.20. The average molecular weight is 544 g/mol. The number of ether oxygens (including phenoxy) is 2. The number of anilines is 1. The summed E-state index contributed by atoms with van der Waals surface area (Å²) in [5.41, 5.74) is 1.95. The van der Waals surface area contributed by atoms with Crippen LogP contribution < -0.4 is 14.4 Å². The molecule has 8 heteroatoms. The minimum atomic E-state index is -0.320. The lowest BCUT2D eigenvalue weighted by molar-refractivity contribution is -0.113. The number of thioether (sulfide) groups is 1. The minimum Gasteiger partial charge on any atom is -0.490 e. The summed E-state index contributed by atoms with van der Waals surface area (Å²) in [6.07, 6.45) is 1.78. The van der Waals surface area contributed by atoms with Crippen LogP contribution in [0.1, 0.15) is 18.1 Å². The molecule has 1 fully saturated rings. The van der Waals surface area contributed by atoms with Gasteiger partial charge in [-0.1, -0.05) is 64.2 Å². The Hall–Kier alpha value is -2.68. The quantitative estimate of drug-likeness (QED) is 0.237. The van der Waals surface area contributed by atoms with Crippen LogP contribution in [0, 0.1) is 5.82 Å². The van der Waals surface area contributed by atoms with Crippen LogP contribution in [0.15, 0.2) is 76.1 Å². The molecule has 1 saturated heterocycles. The van der Waals surface area contributed by atoms with Gasteiger partial charge >= 0.3 is 0 Å². The van der Waals surface area contributed by atoms with Crippen LogP contribution in [0.4, 0.5) is 10.1 Å². The number of halogens is 2. The Morgan fingerprint density at radius 1 is 1.06 bits per heavy atom. The maximum Gasteiger partial charge on any atom is 0.270 e. The highest BCUT2D eigenvalue weighted by Crippen LogP contribution is 2.37. The maximum atomic E-state index is 13.9. The molecule has 0 N–H and O–H groups in total. The lowest BCUT2D eigenvalue weighted by atomic mass is 10.1. The van der Waals surface area contributed by atoms with Crippen molar-refractivity contribution in [2.45, 2.75) is 13.5 Å². The zero-order chi connectivity index (χ0) is 23.4. The summed E-state index contributed by atoms with van der Waals surface area (Å²) in [6.45, 7) is 2.39. The third-order valence-electron chi connectivity index (χ3n) is 4.78. The van der Waals surface area contributed by atoms with E-state index in [1.807, 2.05) is 37.3 Å². The summed E-state index contributed by atoms with van der Waals surface area (Å²) < 4.78 is 26.8. The molecular formula is C25H19BrFNO3S2. The first kappa shape index (κ1) is 23.5. The van der Waals surface area contributed by atoms with Gasteiger partial charge in [0.2, 0.25) is 0 Å². The van der Waals surface area contributed by atoms with Gasteiger partial charge in [0.15, 0.2) is 15.8 Å². The number of carbonyl (C=O) groups is 1. The van der Waals surface area contributed by atoms with Gasteiger partial charge in [0.05, 0.1) is 17.2 Å². The summed E-state index contributed by atoms with van der Waals surface area (Å²) in [4.78, 5) is 15.1. The van der Waals surface area contributed by atoms with Crippen LogP contribution in [-0.2, 0) is 11.4 Å². The summed E-state index contributed by atoms with van der Waals surface area (Å²) >= 11 is 10.1. The third-order valence-corrected chi connectivity index (χ3v) is 6.62. The minimum absolute atomic E-state index is 0.0813. The normalized spacial score (nSPS) is 14.8. The van der Waals surface area contributed by atoms with E-state index in [0.29, 0.717) is 32.9 Å². The molecule has 3 aromatic rings. The molecule has 4 nitrogen and oxygen atoms in total. The van der Waals surface area contributed by atoms with Crippen LogP contribution in [-0.4, -0.2) is 16.8 Å². The monoisotopic (exact) mass is 543 g/mol. The Bertz CT molecular complexity index is 1230. The van der Waals surface area contributed by atoms with E-state index in [2.05, 4.69) is 15.9 Å². The molecule has 0 aliphatic carbocycles. The molecular weight excluding hydrogens is 525 g/mol. The largest absolute Gasteiger partial charge is 0.490 e. The van der Waals surface area contributed by atoms with Gasteiger partial charge < -0.3 is 9.47 Å². The predicted octanol–water partition coefficient (Wildman–Crippen LogP) is 6.97. The highest BCUT2D eigenvalue weighted by molar-refractivity contribution is 9.10. The molecule has 0 radical (unpaired) electrons. The van der Waals surface area contributed by atoms with Gasteiger partial charge in [0.25, 0.3) is 5.91 Å². The molecule has 0 unspecified atom stereocenters. The Balaban J connectivity index is 1.55. The van der Waals surface area contributed by atoms with Gasteiger partial charge in [-0.3, -0.25) is 9.69 Å². The lowest BCUT2D eigenvalue weighted by Crippen LogP contribution is -2.27. The molecule has 1 heterocycles. The molecule has 0 spiro atoms. The molecule has 0 bridgehead atoms. The second-order valence-corrected chi connectivity index (χ2v) is 9.60.